The molecule has 0 aliphatic carbocycles. The number of amides is 2. The summed E-state index contributed by atoms with van der Waals surface area (Å²) < 4.78 is 0. The van der Waals surface area contributed by atoms with Crippen LogP contribution in [0.25, 0.3) is 0 Å². The molecule has 2 N–H and O–H groups in total. The van der Waals surface area contributed by atoms with Crippen LogP contribution in [0, 0.1) is 0 Å². The number of carbonyl (C=O) groups is 1. The first-order chi connectivity index (χ1) is 5.75. The van der Waals surface area contributed by atoms with Gasteiger partial charge in [-0.15, -0.1) is 11.8 Å². The second-order valence-corrected chi connectivity index (χ2v) is 4.39. The maximum atomic E-state index is 11.0. The summed E-state index contributed by atoms with van der Waals surface area (Å²) in [6.45, 7) is 2.95. The summed E-state index contributed by atoms with van der Waals surface area (Å²) in [5, 5.41) is 0.334. The Hall–Kier alpha value is -0.380. The lowest BCUT2D eigenvalue weighted by atomic mass is 10.1. The Kier molecular flexibility index (Phi) is 3.72. The van der Waals surface area contributed by atoms with Crippen molar-refractivity contribution in [1.82, 2.24) is 4.90 Å². The van der Waals surface area contributed by atoms with Gasteiger partial charge in [-0.2, -0.15) is 0 Å². The number of carbonyl (C=O) groups excluding carboxylic acids is 1. The third-order valence-corrected chi connectivity index (χ3v) is 3.30. The number of likely N-dealkylation sites (tertiary alicyclic amines) is 1. The highest BCUT2D eigenvalue weighted by molar-refractivity contribution is 7.99. The van der Waals surface area contributed by atoms with Crippen LogP contribution in [0.5, 0.6) is 0 Å². The number of primary amides is 1. The second kappa shape index (κ2) is 4.60. The molecule has 1 atom stereocenters. The molecule has 70 valence electrons. The van der Waals surface area contributed by atoms with Crippen molar-refractivity contribution in [1.29, 1.82) is 0 Å². The van der Waals surface area contributed by atoms with E-state index in [2.05, 4.69) is 6.92 Å². The van der Waals surface area contributed by atoms with Gasteiger partial charge in [-0.3, -0.25) is 0 Å². The molecule has 3 nitrogen and oxygen atoms in total. The molecule has 1 saturated heterocycles. The van der Waals surface area contributed by atoms with Gasteiger partial charge >= 0.3 is 6.03 Å². The summed E-state index contributed by atoms with van der Waals surface area (Å²) in [5.74, 6) is 1.05. The molecular formula is C8H16N2OS. The lowest BCUT2D eigenvalue weighted by Crippen LogP contribution is -2.45. The Morgan fingerprint density at radius 1 is 1.67 bits per heavy atom. The number of rotatable bonds is 2. The summed E-state index contributed by atoms with van der Waals surface area (Å²) in [6.07, 6.45) is 3.42. The minimum Gasteiger partial charge on any atom is -0.351 e. The normalized spacial score (nSPS) is 24.1. The van der Waals surface area contributed by atoms with Gasteiger partial charge < -0.3 is 10.6 Å². The molecule has 1 rings (SSSR count). The molecule has 0 aromatic rings. The van der Waals surface area contributed by atoms with E-state index in [1.807, 2.05) is 11.8 Å². The maximum absolute atomic E-state index is 11.0. The van der Waals surface area contributed by atoms with Crippen molar-refractivity contribution in [3.8, 4) is 0 Å². The first-order valence-electron chi connectivity index (χ1n) is 4.43. The second-order valence-electron chi connectivity index (χ2n) is 2.94. The van der Waals surface area contributed by atoms with Gasteiger partial charge in [0.15, 0.2) is 0 Å². The van der Waals surface area contributed by atoms with E-state index in [0.29, 0.717) is 5.37 Å². The molecule has 1 unspecified atom stereocenters. The standard InChI is InChI=1S/C8H16N2OS/c1-2-12-7-5-3-4-6-10(7)8(9)11/h7H,2-6H2,1H3,(H2,9,11). The molecule has 1 aliphatic heterocycles. The van der Waals surface area contributed by atoms with Crippen LogP contribution < -0.4 is 5.73 Å². The summed E-state index contributed by atoms with van der Waals surface area (Å²) >= 11 is 1.81. The maximum Gasteiger partial charge on any atom is 0.315 e. The molecule has 0 radical (unpaired) electrons. The molecule has 0 saturated carbocycles. The van der Waals surface area contributed by atoms with Gasteiger partial charge in [-0.25, -0.2) is 4.79 Å². The van der Waals surface area contributed by atoms with Gasteiger partial charge in [0.05, 0.1) is 5.37 Å². The Balaban J connectivity index is 2.48. The van der Waals surface area contributed by atoms with E-state index in [9.17, 15) is 4.79 Å². The van der Waals surface area contributed by atoms with Gasteiger partial charge in [0, 0.05) is 6.54 Å². The number of hydrogen-bond acceptors (Lipinski definition) is 2. The van der Waals surface area contributed by atoms with Gasteiger partial charge in [-0.1, -0.05) is 6.92 Å². The number of nitrogens with zero attached hydrogens (tertiary/aromatic N) is 1. The number of piperidine rings is 1. The van der Waals surface area contributed by atoms with E-state index in [4.69, 9.17) is 5.73 Å². The Bertz CT molecular complexity index is 161. The molecule has 0 bridgehead atoms. The van der Waals surface area contributed by atoms with Gasteiger partial charge in [0.1, 0.15) is 0 Å². The lowest BCUT2D eigenvalue weighted by molar-refractivity contribution is 0.188. The van der Waals surface area contributed by atoms with Crippen LogP contribution >= 0.6 is 11.8 Å². The minimum atomic E-state index is -0.263. The van der Waals surface area contributed by atoms with Crippen molar-refractivity contribution >= 4 is 17.8 Å². The fraction of sp³-hybridized carbons (Fsp3) is 0.875. The van der Waals surface area contributed by atoms with Crippen molar-refractivity contribution in [2.24, 2.45) is 5.73 Å². The van der Waals surface area contributed by atoms with Gasteiger partial charge in [0.25, 0.3) is 0 Å². The Morgan fingerprint density at radius 3 is 3.00 bits per heavy atom. The molecule has 2 amide bonds. The predicted molar refractivity (Wildman–Crippen MR) is 52.1 cm³/mol. The average molecular weight is 188 g/mol. The zero-order valence-corrected chi connectivity index (χ0v) is 8.27. The minimum absolute atomic E-state index is 0.263. The smallest absolute Gasteiger partial charge is 0.315 e. The van der Waals surface area contributed by atoms with Crippen molar-refractivity contribution in [2.45, 2.75) is 31.6 Å². The first kappa shape index (κ1) is 9.71. The molecular weight excluding hydrogens is 172 g/mol. The number of nitrogens with two attached hydrogens (primary N) is 1. The first-order valence-corrected chi connectivity index (χ1v) is 5.48. The monoisotopic (exact) mass is 188 g/mol. The van der Waals surface area contributed by atoms with E-state index in [-0.39, 0.29) is 6.03 Å². The summed E-state index contributed by atoms with van der Waals surface area (Å²) in [5.41, 5.74) is 5.26. The average Bonchev–Trinajstić information content (AvgIpc) is 2.05. The Labute approximate surface area is 77.7 Å². The van der Waals surface area contributed by atoms with E-state index >= 15 is 0 Å². The fourth-order valence-electron chi connectivity index (χ4n) is 1.52. The predicted octanol–water partition coefficient (Wildman–Crippen LogP) is 1.63. The third kappa shape index (κ3) is 2.30. The highest BCUT2D eigenvalue weighted by Crippen LogP contribution is 2.25. The number of thioether (sulfide) groups is 1. The van der Waals surface area contributed by atoms with Crippen molar-refractivity contribution in [3.05, 3.63) is 0 Å². The number of hydrogen-bond donors (Lipinski definition) is 1. The third-order valence-electron chi connectivity index (χ3n) is 2.09. The highest BCUT2D eigenvalue weighted by Gasteiger charge is 2.24. The molecule has 0 spiro atoms. The van der Waals surface area contributed by atoms with E-state index in [1.54, 1.807) is 4.90 Å². The molecule has 0 aromatic heterocycles. The molecule has 0 aromatic carbocycles. The molecule has 1 fully saturated rings. The number of urea groups is 1. The van der Waals surface area contributed by atoms with E-state index in [1.165, 1.54) is 6.42 Å². The zero-order valence-electron chi connectivity index (χ0n) is 7.45. The quantitative estimate of drug-likeness (QED) is 0.716. The Morgan fingerprint density at radius 2 is 2.42 bits per heavy atom. The van der Waals surface area contributed by atoms with Gasteiger partial charge in [-0.05, 0) is 25.0 Å². The summed E-state index contributed by atoms with van der Waals surface area (Å²) in [4.78, 5) is 12.8. The largest absolute Gasteiger partial charge is 0.351 e. The van der Waals surface area contributed by atoms with Crippen LogP contribution in [-0.4, -0.2) is 28.6 Å². The van der Waals surface area contributed by atoms with E-state index < -0.39 is 0 Å². The molecule has 4 heteroatoms. The summed E-state index contributed by atoms with van der Waals surface area (Å²) in [6, 6.07) is -0.263. The molecule has 1 heterocycles. The van der Waals surface area contributed by atoms with Crippen molar-refractivity contribution in [2.75, 3.05) is 12.3 Å². The fourth-order valence-corrected chi connectivity index (χ4v) is 2.63. The van der Waals surface area contributed by atoms with Crippen molar-refractivity contribution < 1.29 is 4.79 Å². The van der Waals surface area contributed by atoms with Gasteiger partial charge in [0.2, 0.25) is 0 Å². The van der Waals surface area contributed by atoms with Crippen molar-refractivity contribution in [3.63, 3.8) is 0 Å². The lowest BCUT2D eigenvalue weighted by Gasteiger charge is -2.33. The molecule has 1 aliphatic rings. The zero-order chi connectivity index (χ0) is 8.97. The van der Waals surface area contributed by atoms with Crippen LogP contribution in [0.4, 0.5) is 4.79 Å². The van der Waals surface area contributed by atoms with Crippen LogP contribution in [0.2, 0.25) is 0 Å². The summed E-state index contributed by atoms with van der Waals surface area (Å²) in [7, 11) is 0. The van der Waals surface area contributed by atoms with Crippen LogP contribution in [0.1, 0.15) is 26.2 Å². The van der Waals surface area contributed by atoms with Crippen LogP contribution in [0.15, 0.2) is 0 Å². The van der Waals surface area contributed by atoms with Crippen LogP contribution in [-0.2, 0) is 0 Å². The molecule has 12 heavy (non-hydrogen) atoms. The van der Waals surface area contributed by atoms with Crippen LogP contribution in [0.3, 0.4) is 0 Å². The highest BCUT2D eigenvalue weighted by atomic mass is 32.2. The van der Waals surface area contributed by atoms with E-state index in [0.717, 1.165) is 25.1 Å². The topological polar surface area (TPSA) is 46.3 Å². The SMILES string of the molecule is CCSC1CCCCN1C(N)=O.